The van der Waals surface area contributed by atoms with Gasteiger partial charge in [-0.05, 0) is 127 Å². The van der Waals surface area contributed by atoms with Crippen LogP contribution in [0.2, 0.25) is 0 Å². The molecule has 0 unspecified atom stereocenters. The molecule has 4 aromatic carbocycles. The highest BCUT2D eigenvalue weighted by Crippen LogP contribution is 2.41. The van der Waals surface area contributed by atoms with Crippen LogP contribution in [0.4, 0.5) is 0 Å². The average molecular weight is 461 g/mol. The van der Waals surface area contributed by atoms with Crippen molar-refractivity contribution in [2.24, 2.45) is 0 Å². The summed E-state index contributed by atoms with van der Waals surface area (Å²) in [6.07, 6.45) is 10.2. The fraction of sp³-hybridized carbons (Fsp3) is 0.273. The molecule has 34 heavy (non-hydrogen) atoms. The van der Waals surface area contributed by atoms with Gasteiger partial charge in [0.15, 0.2) is 0 Å². The molecule has 0 aliphatic heterocycles. The lowest BCUT2D eigenvalue weighted by atomic mass is 9.83. The molecular formula is C33H33P. The van der Waals surface area contributed by atoms with Crippen LogP contribution in [0.3, 0.4) is 0 Å². The molecular weight excluding hydrogens is 427 g/mol. The van der Waals surface area contributed by atoms with Gasteiger partial charge < -0.3 is 0 Å². The number of rotatable bonds is 4. The minimum atomic E-state index is -0.629. The van der Waals surface area contributed by atoms with Crippen molar-refractivity contribution < 1.29 is 0 Å². The molecule has 0 N–H and O–H groups in total. The van der Waals surface area contributed by atoms with Crippen LogP contribution in [0.5, 0.6) is 0 Å². The van der Waals surface area contributed by atoms with Gasteiger partial charge in [-0.3, -0.25) is 0 Å². The van der Waals surface area contributed by atoms with Crippen molar-refractivity contribution in [2.75, 3.05) is 0 Å². The lowest BCUT2D eigenvalue weighted by Gasteiger charge is -2.28. The summed E-state index contributed by atoms with van der Waals surface area (Å²) in [5.74, 6) is 0. The normalized spacial score (nSPS) is 15.1. The van der Waals surface area contributed by atoms with Crippen molar-refractivity contribution in [1.29, 1.82) is 0 Å². The van der Waals surface area contributed by atoms with Gasteiger partial charge in [0.2, 0.25) is 0 Å². The molecule has 0 amide bonds. The van der Waals surface area contributed by atoms with E-state index < -0.39 is 7.92 Å². The van der Waals surface area contributed by atoms with Crippen molar-refractivity contribution in [3.8, 4) is 11.1 Å². The van der Waals surface area contributed by atoms with Crippen LogP contribution >= 0.6 is 7.92 Å². The van der Waals surface area contributed by atoms with E-state index in [1.807, 2.05) is 0 Å². The molecule has 2 aliphatic rings. The second-order valence-corrected chi connectivity index (χ2v) is 12.1. The maximum atomic E-state index is 2.61. The molecule has 0 aromatic heterocycles. The smallest absolute Gasteiger partial charge is 0.00696 e. The Labute approximate surface area is 205 Å². The van der Waals surface area contributed by atoms with E-state index in [0.29, 0.717) is 0 Å². The third kappa shape index (κ3) is 4.03. The average Bonchev–Trinajstić information content (AvgIpc) is 2.90. The first kappa shape index (κ1) is 21.8. The van der Waals surface area contributed by atoms with E-state index in [-0.39, 0.29) is 0 Å². The quantitative estimate of drug-likeness (QED) is 0.283. The van der Waals surface area contributed by atoms with Crippen LogP contribution in [-0.2, 0) is 25.7 Å². The minimum absolute atomic E-state index is 0.629. The van der Waals surface area contributed by atoms with Crippen LogP contribution in [0.1, 0.15) is 53.5 Å². The highest BCUT2D eigenvalue weighted by Gasteiger charge is 2.25. The van der Waals surface area contributed by atoms with Crippen molar-refractivity contribution >= 4 is 23.8 Å². The zero-order chi connectivity index (χ0) is 22.9. The molecule has 2 aliphatic carbocycles. The Balaban J connectivity index is 1.61. The van der Waals surface area contributed by atoms with Crippen molar-refractivity contribution in [2.45, 2.75) is 58.3 Å². The molecule has 0 nitrogen and oxygen atoms in total. The highest BCUT2D eigenvalue weighted by molar-refractivity contribution is 7.80. The number of fused-ring (bicyclic) bond motifs is 2. The van der Waals surface area contributed by atoms with Crippen molar-refractivity contribution in [1.82, 2.24) is 0 Å². The summed E-state index contributed by atoms with van der Waals surface area (Å²) in [6, 6.07) is 32.5. The van der Waals surface area contributed by atoms with Gasteiger partial charge in [-0.25, -0.2) is 0 Å². The third-order valence-corrected chi connectivity index (χ3v) is 10.3. The molecule has 0 saturated heterocycles. The van der Waals surface area contributed by atoms with Gasteiger partial charge in [-0.15, -0.1) is 0 Å². The molecule has 0 saturated carbocycles. The zero-order valence-electron chi connectivity index (χ0n) is 20.2. The van der Waals surface area contributed by atoms with Gasteiger partial charge in [0.1, 0.15) is 0 Å². The Bertz CT molecular complexity index is 1260. The zero-order valence-corrected chi connectivity index (χ0v) is 21.1. The van der Waals surface area contributed by atoms with Crippen LogP contribution in [0.15, 0.2) is 84.9 Å². The molecule has 0 radical (unpaired) electrons. The Morgan fingerprint density at radius 1 is 0.529 bits per heavy atom. The third-order valence-electron chi connectivity index (χ3n) is 7.84. The van der Waals surface area contributed by atoms with Gasteiger partial charge in [0, 0.05) is 0 Å². The van der Waals surface area contributed by atoms with E-state index in [1.165, 1.54) is 84.0 Å². The number of hydrogen-bond donors (Lipinski definition) is 0. The van der Waals surface area contributed by atoms with Crippen molar-refractivity contribution in [3.63, 3.8) is 0 Å². The maximum absolute atomic E-state index is 2.61. The van der Waals surface area contributed by atoms with Gasteiger partial charge in [-0.1, -0.05) is 78.9 Å². The first-order valence-electron chi connectivity index (χ1n) is 13.0. The van der Waals surface area contributed by atoms with Crippen LogP contribution in [-0.4, -0.2) is 0 Å². The van der Waals surface area contributed by atoms with Crippen LogP contribution in [0, 0.1) is 6.92 Å². The fourth-order valence-electron chi connectivity index (χ4n) is 6.06. The molecule has 0 fully saturated rings. The van der Waals surface area contributed by atoms with E-state index in [2.05, 4.69) is 91.9 Å². The first-order chi connectivity index (χ1) is 16.8. The summed E-state index contributed by atoms with van der Waals surface area (Å²) in [5.41, 5.74) is 10.8. The van der Waals surface area contributed by atoms with Crippen molar-refractivity contribution in [3.05, 3.63) is 113 Å². The van der Waals surface area contributed by atoms with E-state index >= 15 is 0 Å². The standard InChI is InChI=1S/C33H33P/c1-24-30-19-11-10-12-25(30)20-21-31(24)32-22-26-13-8-9-14-27(26)23-33(32)34(28-15-4-2-5-16-28)29-17-6-3-7-18-29/h2-7,15-18,20-23H,8-14,19H2,1H3. The summed E-state index contributed by atoms with van der Waals surface area (Å²) in [4.78, 5) is 0. The van der Waals surface area contributed by atoms with Gasteiger partial charge in [-0.2, -0.15) is 0 Å². The van der Waals surface area contributed by atoms with Gasteiger partial charge in [0.05, 0.1) is 0 Å². The SMILES string of the molecule is Cc1c(-c2cc3c(cc2P(c2ccccc2)c2ccccc2)CCCC3)ccc2c1CCCC2. The van der Waals surface area contributed by atoms with E-state index in [0.717, 1.165) is 0 Å². The Hall–Kier alpha value is -2.69. The predicted molar refractivity (Wildman–Crippen MR) is 149 cm³/mol. The molecule has 0 spiro atoms. The molecule has 170 valence electrons. The summed E-state index contributed by atoms with van der Waals surface area (Å²) < 4.78 is 0. The maximum Gasteiger partial charge on any atom is -0.00696 e. The molecule has 0 bridgehead atoms. The number of aryl methyl sites for hydroxylation is 3. The molecule has 4 aromatic rings. The van der Waals surface area contributed by atoms with E-state index in [9.17, 15) is 0 Å². The van der Waals surface area contributed by atoms with Gasteiger partial charge >= 0.3 is 0 Å². The van der Waals surface area contributed by atoms with Crippen LogP contribution < -0.4 is 15.9 Å². The van der Waals surface area contributed by atoms with Crippen LogP contribution in [0.25, 0.3) is 11.1 Å². The summed E-state index contributed by atoms with van der Waals surface area (Å²) >= 11 is 0. The van der Waals surface area contributed by atoms with E-state index in [4.69, 9.17) is 0 Å². The lowest BCUT2D eigenvalue weighted by Crippen LogP contribution is -2.24. The summed E-state index contributed by atoms with van der Waals surface area (Å²) in [5, 5.41) is 4.42. The largest absolute Gasteiger partial charge is 0.0622 e. The molecule has 1 heteroatoms. The summed E-state index contributed by atoms with van der Waals surface area (Å²) in [7, 11) is -0.629. The minimum Gasteiger partial charge on any atom is -0.0622 e. The molecule has 0 heterocycles. The predicted octanol–water partition coefficient (Wildman–Crippen LogP) is 7.18. The Morgan fingerprint density at radius 3 is 1.74 bits per heavy atom. The number of hydrogen-bond acceptors (Lipinski definition) is 0. The fourth-order valence-corrected chi connectivity index (χ4v) is 8.56. The Kier molecular flexibility index (Phi) is 6.11. The second kappa shape index (κ2) is 9.52. The summed E-state index contributed by atoms with van der Waals surface area (Å²) in [6.45, 7) is 2.38. The highest BCUT2D eigenvalue weighted by atomic mass is 31.1. The Morgan fingerprint density at radius 2 is 1.09 bits per heavy atom. The molecule has 0 atom stereocenters. The number of benzene rings is 4. The topological polar surface area (TPSA) is 0 Å². The first-order valence-corrected chi connectivity index (χ1v) is 14.3. The van der Waals surface area contributed by atoms with E-state index in [1.54, 1.807) is 22.3 Å². The van der Waals surface area contributed by atoms with Gasteiger partial charge in [0.25, 0.3) is 0 Å². The second-order valence-electron chi connectivity index (χ2n) is 9.93. The molecule has 6 rings (SSSR count). The lowest BCUT2D eigenvalue weighted by molar-refractivity contribution is 0.682. The monoisotopic (exact) mass is 460 g/mol.